The van der Waals surface area contributed by atoms with Crippen molar-refractivity contribution in [1.29, 1.82) is 0 Å². The summed E-state index contributed by atoms with van der Waals surface area (Å²) in [5.41, 5.74) is 1.29. The summed E-state index contributed by atoms with van der Waals surface area (Å²) in [6.45, 7) is 0. The van der Waals surface area contributed by atoms with E-state index in [4.69, 9.17) is 0 Å². The Kier molecular flexibility index (Phi) is 3.91. The Hall–Kier alpha value is -1.20. The predicted octanol–water partition coefficient (Wildman–Crippen LogP) is 3.86. The summed E-state index contributed by atoms with van der Waals surface area (Å²) in [6.07, 6.45) is 3.26. The lowest BCUT2D eigenvalue weighted by Gasteiger charge is -2.07. The zero-order valence-electron chi connectivity index (χ0n) is 8.65. The molecule has 0 aliphatic heterocycles. The van der Waals surface area contributed by atoms with Gasteiger partial charge in [0.15, 0.2) is 0 Å². The summed E-state index contributed by atoms with van der Waals surface area (Å²) in [5.74, 6) is -0.163. The number of rotatable bonds is 2. The van der Waals surface area contributed by atoms with Crippen LogP contribution in [0.1, 0.15) is 10.4 Å². The lowest BCUT2D eigenvalue weighted by atomic mass is 10.2. The van der Waals surface area contributed by atoms with E-state index < -0.39 is 0 Å². The van der Waals surface area contributed by atoms with Crippen molar-refractivity contribution in [3.8, 4) is 0 Å². The Morgan fingerprint density at radius 3 is 2.59 bits per heavy atom. The molecule has 0 bridgehead atoms. The first kappa shape index (κ1) is 12.3. The molecule has 2 rings (SSSR count). The summed E-state index contributed by atoms with van der Waals surface area (Å²) in [4.78, 5) is 15.9. The highest BCUT2D eigenvalue weighted by Gasteiger charge is 2.10. The van der Waals surface area contributed by atoms with Gasteiger partial charge in [-0.2, -0.15) is 0 Å². The molecule has 0 saturated carbocycles. The summed E-state index contributed by atoms with van der Waals surface area (Å²) in [7, 11) is 0. The van der Waals surface area contributed by atoms with Crippen LogP contribution in [0.15, 0.2) is 51.7 Å². The summed E-state index contributed by atoms with van der Waals surface area (Å²) in [5, 5.41) is 2.81. The van der Waals surface area contributed by atoms with E-state index in [1.54, 1.807) is 24.5 Å². The minimum absolute atomic E-state index is 0.163. The Labute approximate surface area is 116 Å². The first-order valence-corrected chi connectivity index (χ1v) is 6.42. The Morgan fingerprint density at radius 2 is 1.88 bits per heavy atom. The van der Waals surface area contributed by atoms with Gasteiger partial charge in [-0.15, -0.1) is 0 Å². The molecule has 3 nitrogen and oxygen atoms in total. The van der Waals surface area contributed by atoms with Crippen molar-refractivity contribution in [3.63, 3.8) is 0 Å². The summed E-state index contributed by atoms with van der Waals surface area (Å²) < 4.78 is 1.52. The Bertz CT molecular complexity index is 558. The molecule has 1 amide bonds. The molecule has 0 saturated heterocycles. The number of anilines is 1. The fourth-order valence-corrected chi connectivity index (χ4v) is 2.13. The SMILES string of the molecule is O=C(Nc1ccncc1Br)c1ccccc1Br. The number of carbonyl (C=O) groups excluding carboxylic acids is 1. The van der Waals surface area contributed by atoms with Crippen LogP contribution in [0.2, 0.25) is 0 Å². The molecule has 0 spiro atoms. The van der Waals surface area contributed by atoms with E-state index in [2.05, 4.69) is 42.2 Å². The maximum Gasteiger partial charge on any atom is 0.256 e. The van der Waals surface area contributed by atoms with Crippen molar-refractivity contribution in [3.05, 3.63) is 57.2 Å². The van der Waals surface area contributed by atoms with Crippen LogP contribution in [-0.2, 0) is 0 Å². The van der Waals surface area contributed by atoms with Crippen molar-refractivity contribution in [2.45, 2.75) is 0 Å². The number of pyridine rings is 1. The van der Waals surface area contributed by atoms with Gasteiger partial charge in [-0.3, -0.25) is 9.78 Å². The second kappa shape index (κ2) is 5.42. The molecule has 0 radical (unpaired) electrons. The largest absolute Gasteiger partial charge is 0.321 e. The zero-order chi connectivity index (χ0) is 12.3. The Balaban J connectivity index is 2.24. The molecule has 0 atom stereocenters. The standard InChI is InChI=1S/C12H8Br2N2O/c13-9-4-2-1-3-8(9)12(17)16-11-5-6-15-7-10(11)14/h1-7H,(H,15,16,17). The van der Waals surface area contributed by atoms with Gasteiger partial charge in [-0.05, 0) is 50.1 Å². The number of benzene rings is 1. The first-order chi connectivity index (χ1) is 8.18. The summed E-state index contributed by atoms with van der Waals surface area (Å²) >= 11 is 6.67. The van der Waals surface area contributed by atoms with Gasteiger partial charge in [0.05, 0.1) is 15.7 Å². The first-order valence-electron chi connectivity index (χ1n) is 4.84. The molecule has 0 aliphatic carbocycles. The van der Waals surface area contributed by atoms with E-state index in [1.165, 1.54) is 0 Å². The highest BCUT2D eigenvalue weighted by atomic mass is 79.9. The molecule has 1 heterocycles. The summed E-state index contributed by atoms with van der Waals surface area (Å²) in [6, 6.07) is 9.01. The zero-order valence-corrected chi connectivity index (χ0v) is 11.8. The predicted molar refractivity (Wildman–Crippen MR) is 74.0 cm³/mol. The van der Waals surface area contributed by atoms with Crippen molar-refractivity contribution < 1.29 is 4.79 Å². The van der Waals surface area contributed by atoms with Crippen molar-refractivity contribution in [1.82, 2.24) is 4.98 Å². The molecular formula is C12H8Br2N2O. The normalized spacial score (nSPS) is 10.0. The maximum absolute atomic E-state index is 12.0. The molecule has 0 unspecified atom stereocenters. The minimum Gasteiger partial charge on any atom is -0.321 e. The third-order valence-electron chi connectivity index (χ3n) is 2.14. The van der Waals surface area contributed by atoms with Gasteiger partial charge in [0.25, 0.3) is 5.91 Å². The van der Waals surface area contributed by atoms with Crippen molar-refractivity contribution in [2.24, 2.45) is 0 Å². The van der Waals surface area contributed by atoms with Gasteiger partial charge in [0, 0.05) is 16.9 Å². The van der Waals surface area contributed by atoms with Crippen LogP contribution < -0.4 is 5.32 Å². The number of hydrogen-bond acceptors (Lipinski definition) is 2. The highest BCUT2D eigenvalue weighted by Crippen LogP contribution is 2.22. The van der Waals surface area contributed by atoms with Gasteiger partial charge in [-0.25, -0.2) is 0 Å². The highest BCUT2D eigenvalue weighted by molar-refractivity contribution is 9.11. The maximum atomic E-state index is 12.0. The molecule has 1 aromatic heterocycles. The number of nitrogens with zero attached hydrogens (tertiary/aromatic N) is 1. The van der Waals surface area contributed by atoms with Crippen LogP contribution in [0.4, 0.5) is 5.69 Å². The number of hydrogen-bond donors (Lipinski definition) is 1. The topological polar surface area (TPSA) is 42.0 Å². The van der Waals surface area contributed by atoms with E-state index in [0.29, 0.717) is 11.3 Å². The van der Waals surface area contributed by atoms with Crippen molar-refractivity contribution in [2.75, 3.05) is 5.32 Å². The van der Waals surface area contributed by atoms with Crippen LogP contribution in [-0.4, -0.2) is 10.9 Å². The smallest absolute Gasteiger partial charge is 0.256 e. The third-order valence-corrected chi connectivity index (χ3v) is 3.46. The van der Waals surface area contributed by atoms with Crippen LogP contribution >= 0.6 is 31.9 Å². The van der Waals surface area contributed by atoms with Gasteiger partial charge in [0.2, 0.25) is 0 Å². The third kappa shape index (κ3) is 2.92. The molecular weight excluding hydrogens is 348 g/mol. The number of nitrogens with one attached hydrogen (secondary N) is 1. The van der Waals surface area contributed by atoms with Gasteiger partial charge >= 0.3 is 0 Å². The number of aromatic nitrogens is 1. The quantitative estimate of drug-likeness (QED) is 0.888. The molecule has 2 aromatic rings. The average molecular weight is 356 g/mol. The van der Waals surface area contributed by atoms with E-state index in [9.17, 15) is 4.79 Å². The Morgan fingerprint density at radius 1 is 1.12 bits per heavy atom. The second-order valence-electron chi connectivity index (χ2n) is 3.29. The van der Waals surface area contributed by atoms with E-state index in [1.807, 2.05) is 18.2 Å². The fraction of sp³-hybridized carbons (Fsp3) is 0. The van der Waals surface area contributed by atoms with E-state index in [0.717, 1.165) is 8.95 Å². The number of carbonyl (C=O) groups is 1. The molecule has 86 valence electrons. The van der Waals surface area contributed by atoms with Gasteiger partial charge in [-0.1, -0.05) is 12.1 Å². The molecule has 1 N–H and O–H groups in total. The van der Waals surface area contributed by atoms with Crippen molar-refractivity contribution >= 4 is 43.5 Å². The van der Waals surface area contributed by atoms with Gasteiger partial charge < -0.3 is 5.32 Å². The van der Waals surface area contributed by atoms with Crippen LogP contribution in [0.3, 0.4) is 0 Å². The molecule has 1 aromatic carbocycles. The molecule has 17 heavy (non-hydrogen) atoms. The second-order valence-corrected chi connectivity index (χ2v) is 5.00. The number of amides is 1. The fourth-order valence-electron chi connectivity index (χ4n) is 1.31. The van der Waals surface area contributed by atoms with E-state index >= 15 is 0 Å². The van der Waals surface area contributed by atoms with Crippen LogP contribution in [0, 0.1) is 0 Å². The molecule has 0 aliphatic rings. The van der Waals surface area contributed by atoms with E-state index in [-0.39, 0.29) is 5.91 Å². The minimum atomic E-state index is -0.163. The molecule has 0 fully saturated rings. The lowest BCUT2D eigenvalue weighted by molar-refractivity contribution is 0.102. The van der Waals surface area contributed by atoms with Gasteiger partial charge in [0.1, 0.15) is 0 Å². The van der Waals surface area contributed by atoms with Crippen LogP contribution in [0.25, 0.3) is 0 Å². The van der Waals surface area contributed by atoms with Crippen LogP contribution in [0.5, 0.6) is 0 Å². The monoisotopic (exact) mass is 354 g/mol. The molecule has 5 heteroatoms. The average Bonchev–Trinajstić information content (AvgIpc) is 2.32. The number of halogens is 2. The lowest BCUT2D eigenvalue weighted by Crippen LogP contribution is -2.12.